The minimum absolute atomic E-state index is 0.0579. The summed E-state index contributed by atoms with van der Waals surface area (Å²) in [6, 6.07) is 3.25. The molecule has 0 N–H and O–H groups in total. The van der Waals surface area contributed by atoms with Crippen LogP contribution >= 0.6 is 44.5 Å². The van der Waals surface area contributed by atoms with Crippen LogP contribution < -0.4 is 4.74 Å². The normalized spacial score (nSPS) is 10.6. The highest BCUT2D eigenvalue weighted by molar-refractivity contribution is 9.11. The highest BCUT2D eigenvalue weighted by Gasteiger charge is 2.13. The van der Waals surface area contributed by atoms with Crippen LogP contribution in [0.4, 0.5) is 8.78 Å². The maximum atomic E-state index is 11.9. The van der Waals surface area contributed by atoms with Crippen LogP contribution in [0.5, 0.6) is 5.75 Å². The van der Waals surface area contributed by atoms with Gasteiger partial charge in [-0.05, 0) is 44.0 Å². The third-order valence-corrected chi connectivity index (χ3v) is 3.33. The van der Waals surface area contributed by atoms with Gasteiger partial charge in [0.05, 0.1) is 8.95 Å². The first-order valence-electron chi connectivity index (χ1n) is 3.14. The summed E-state index contributed by atoms with van der Waals surface area (Å²) in [5.41, 5.74) is 0. The Labute approximate surface area is 96.1 Å². The smallest absolute Gasteiger partial charge is 0.387 e. The first kappa shape index (κ1) is 11.3. The van der Waals surface area contributed by atoms with Gasteiger partial charge in [0.25, 0.3) is 0 Å². The van der Waals surface area contributed by atoms with Crippen LogP contribution in [0.15, 0.2) is 26.0 Å². The third-order valence-electron chi connectivity index (χ3n) is 1.24. The van der Waals surface area contributed by atoms with E-state index < -0.39 is 6.61 Å². The van der Waals surface area contributed by atoms with E-state index in [2.05, 4.69) is 49.2 Å². The van der Waals surface area contributed by atoms with Crippen LogP contribution in [0, 0.1) is 0 Å². The molecule has 0 aliphatic heterocycles. The second-order valence-electron chi connectivity index (χ2n) is 2.09. The maximum absolute atomic E-state index is 11.9. The summed E-state index contributed by atoms with van der Waals surface area (Å²) in [5, 5.41) is 0. The zero-order valence-electron chi connectivity index (χ0n) is 6.10. The summed E-state index contributed by atoms with van der Waals surface area (Å²) in [6.45, 7) is -2.84. The molecule has 0 aliphatic carbocycles. The van der Waals surface area contributed by atoms with Crippen molar-refractivity contribution in [1.29, 1.82) is 0 Å². The largest absolute Gasteiger partial charge is 0.432 e. The number of hydrogen-bond acceptors (Lipinski definition) is 2. The van der Waals surface area contributed by atoms with Gasteiger partial charge in [-0.1, -0.05) is 0 Å². The van der Waals surface area contributed by atoms with Crippen molar-refractivity contribution in [3.63, 3.8) is 0 Å². The molecule has 13 heavy (non-hydrogen) atoms. The van der Waals surface area contributed by atoms with Crippen molar-refractivity contribution in [2.24, 2.45) is 0 Å². The van der Waals surface area contributed by atoms with Crippen LogP contribution in [0.3, 0.4) is 0 Å². The Kier molecular flexibility index (Phi) is 4.00. The Balaban J connectivity index is 3.10. The highest BCUT2D eigenvalue weighted by Crippen LogP contribution is 2.38. The molecule has 1 nitrogen and oxygen atoms in total. The summed E-state index contributed by atoms with van der Waals surface area (Å²) in [5.74, 6) is 0.0579. The van der Waals surface area contributed by atoms with Crippen LogP contribution in [0.1, 0.15) is 0 Å². The average molecular weight is 334 g/mol. The number of thiol groups is 1. The lowest BCUT2D eigenvalue weighted by Gasteiger charge is -2.09. The molecular formula is C7H4Br2F2OS. The Bertz CT molecular complexity index is 320. The molecule has 6 heteroatoms. The molecule has 0 atom stereocenters. The Morgan fingerprint density at radius 2 is 1.92 bits per heavy atom. The molecule has 0 aromatic heterocycles. The molecule has 1 rings (SSSR count). The quantitative estimate of drug-likeness (QED) is 0.802. The molecule has 1 aromatic carbocycles. The molecular weight excluding hydrogens is 330 g/mol. The molecule has 0 aliphatic rings. The van der Waals surface area contributed by atoms with E-state index in [1.165, 1.54) is 0 Å². The van der Waals surface area contributed by atoms with E-state index in [4.69, 9.17) is 0 Å². The maximum Gasteiger partial charge on any atom is 0.387 e. The predicted molar refractivity (Wildman–Crippen MR) is 55.7 cm³/mol. The van der Waals surface area contributed by atoms with Gasteiger partial charge < -0.3 is 4.74 Å². The number of rotatable bonds is 2. The molecule has 0 saturated carbocycles. The molecule has 0 saturated heterocycles. The molecule has 0 spiro atoms. The minimum Gasteiger partial charge on any atom is -0.432 e. The SMILES string of the molecule is FC(F)Oc1c(Br)ccc(S)c1Br. The molecule has 0 amide bonds. The van der Waals surface area contributed by atoms with E-state index in [1.54, 1.807) is 12.1 Å². The summed E-state index contributed by atoms with van der Waals surface area (Å²) in [7, 11) is 0. The van der Waals surface area contributed by atoms with E-state index in [0.29, 0.717) is 13.8 Å². The molecule has 72 valence electrons. The average Bonchev–Trinajstić information content (AvgIpc) is 2.05. The van der Waals surface area contributed by atoms with Crippen LogP contribution in [-0.2, 0) is 0 Å². The number of ether oxygens (including phenoxy) is 1. The van der Waals surface area contributed by atoms with Crippen molar-refractivity contribution >= 4 is 44.5 Å². The van der Waals surface area contributed by atoms with Gasteiger partial charge in [0.2, 0.25) is 0 Å². The van der Waals surface area contributed by atoms with E-state index in [1.807, 2.05) is 0 Å². The zero-order chi connectivity index (χ0) is 10.0. The lowest BCUT2D eigenvalue weighted by molar-refractivity contribution is -0.0510. The fourth-order valence-corrected chi connectivity index (χ4v) is 2.02. The standard InChI is InChI=1S/C7H4Br2F2OS/c8-3-1-2-4(13)5(9)6(3)12-7(10)11/h1-2,7,13H. The van der Waals surface area contributed by atoms with E-state index >= 15 is 0 Å². The highest BCUT2D eigenvalue weighted by atomic mass is 79.9. The number of hydrogen-bond donors (Lipinski definition) is 1. The summed E-state index contributed by atoms with van der Waals surface area (Å²) in [6.07, 6.45) is 0. The minimum atomic E-state index is -2.84. The van der Waals surface area contributed by atoms with E-state index in [-0.39, 0.29) is 5.75 Å². The lowest BCUT2D eigenvalue weighted by Crippen LogP contribution is -2.03. The van der Waals surface area contributed by atoms with Crippen molar-refractivity contribution < 1.29 is 13.5 Å². The second-order valence-corrected chi connectivity index (χ2v) is 4.22. The van der Waals surface area contributed by atoms with Crippen LogP contribution in [0.25, 0.3) is 0 Å². The fraction of sp³-hybridized carbons (Fsp3) is 0.143. The molecule has 0 fully saturated rings. The summed E-state index contributed by atoms with van der Waals surface area (Å²) >= 11 is 10.2. The molecule has 1 aromatic rings. The van der Waals surface area contributed by atoms with Crippen LogP contribution in [-0.4, -0.2) is 6.61 Å². The Morgan fingerprint density at radius 3 is 2.46 bits per heavy atom. The van der Waals surface area contributed by atoms with Gasteiger partial charge in [0.15, 0.2) is 5.75 Å². The molecule has 0 bridgehead atoms. The van der Waals surface area contributed by atoms with Crippen molar-refractivity contribution in [2.45, 2.75) is 11.5 Å². The summed E-state index contributed by atoms with van der Waals surface area (Å²) < 4.78 is 29.0. The van der Waals surface area contributed by atoms with Gasteiger partial charge in [-0.2, -0.15) is 8.78 Å². The van der Waals surface area contributed by atoms with E-state index in [9.17, 15) is 8.78 Å². The van der Waals surface area contributed by atoms with Crippen molar-refractivity contribution in [3.8, 4) is 5.75 Å². The second kappa shape index (κ2) is 4.61. The first-order chi connectivity index (χ1) is 6.02. The molecule has 0 heterocycles. The van der Waals surface area contributed by atoms with Gasteiger partial charge in [-0.3, -0.25) is 0 Å². The Hall–Kier alpha value is 0.190. The number of alkyl halides is 2. The van der Waals surface area contributed by atoms with Gasteiger partial charge in [-0.15, -0.1) is 12.6 Å². The predicted octanol–water partition coefficient (Wildman–Crippen LogP) is 4.10. The van der Waals surface area contributed by atoms with Gasteiger partial charge in [0.1, 0.15) is 0 Å². The molecule has 0 unspecified atom stereocenters. The summed E-state index contributed by atoms with van der Waals surface area (Å²) in [4.78, 5) is 0.541. The third kappa shape index (κ3) is 2.82. The van der Waals surface area contributed by atoms with Crippen molar-refractivity contribution in [3.05, 3.63) is 21.1 Å². The zero-order valence-corrected chi connectivity index (χ0v) is 10.2. The van der Waals surface area contributed by atoms with Gasteiger partial charge >= 0.3 is 6.61 Å². The Morgan fingerprint density at radius 1 is 1.31 bits per heavy atom. The van der Waals surface area contributed by atoms with Gasteiger partial charge in [-0.25, -0.2) is 0 Å². The first-order valence-corrected chi connectivity index (χ1v) is 5.17. The number of benzene rings is 1. The lowest BCUT2D eigenvalue weighted by atomic mass is 10.3. The molecule has 0 radical (unpaired) electrons. The van der Waals surface area contributed by atoms with Gasteiger partial charge in [0, 0.05) is 4.90 Å². The van der Waals surface area contributed by atoms with Crippen molar-refractivity contribution in [2.75, 3.05) is 0 Å². The van der Waals surface area contributed by atoms with Crippen LogP contribution in [0.2, 0.25) is 0 Å². The number of halogens is 4. The topological polar surface area (TPSA) is 9.23 Å². The van der Waals surface area contributed by atoms with E-state index in [0.717, 1.165) is 0 Å². The van der Waals surface area contributed by atoms with Crippen molar-refractivity contribution in [1.82, 2.24) is 0 Å². The monoisotopic (exact) mass is 332 g/mol. The fourth-order valence-electron chi connectivity index (χ4n) is 0.719.